The molecule has 0 fully saturated rings. The number of carbonyl (C=O) groups excluding carboxylic acids is 1. The van der Waals surface area contributed by atoms with E-state index in [1.54, 1.807) is 6.21 Å². The molecule has 1 heterocycles. The van der Waals surface area contributed by atoms with E-state index in [9.17, 15) is 4.79 Å². The molecule has 0 aliphatic rings. The van der Waals surface area contributed by atoms with E-state index in [0.717, 1.165) is 22.4 Å². The number of benzene rings is 2. The molecular formula is C19H16N2O2S. The van der Waals surface area contributed by atoms with Crippen LogP contribution in [0.3, 0.4) is 0 Å². The number of rotatable bonds is 5. The Labute approximate surface area is 144 Å². The molecule has 0 radical (unpaired) electrons. The second-order valence-electron chi connectivity index (χ2n) is 5.05. The molecule has 2 aromatic carbocycles. The number of para-hydroxylation sites is 1. The van der Waals surface area contributed by atoms with Crippen LogP contribution in [-0.4, -0.2) is 19.2 Å². The molecule has 3 rings (SSSR count). The molecule has 0 aliphatic heterocycles. The van der Waals surface area contributed by atoms with Gasteiger partial charge in [0.15, 0.2) is 0 Å². The van der Waals surface area contributed by atoms with Crippen LogP contribution in [0.1, 0.15) is 15.9 Å². The van der Waals surface area contributed by atoms with E-state index >= 15 is 0 Å². The Balaban J connectivity index is 1.92. The van der Waals surface area contributed by atoms with Gasteiger partial charge in [0.25, 0.3) is 5.91 Å². The fraction of sp³-hybridized carbons (Fsp3) is 0.0526. The summed E-state index contributed by atoms with van der Waals surface area (Å²) < 4.78 is 0. The molecule has 0 spiro atoms. The molecule has 0 atom stereocenters. The van der Waals surface area contributed by atoms with Gasteiger partial charge in [-0.2, -0.15) is 11.3 Å². The van der Waals surface area contributed by atoms with Gasteiger partial charge in [-0.25, -0.2) is 0 Å². The van der Waals surface area contributed by atoms with E-state index in [1.165, 1.54) is 18.4 Å². The average Bonchev–Trinajstić information content (AvgIpc) is 3.15. The van der Waals surface area contributed by atoms with Crippen molar-refractivity contribution in [2.75, 3.05) is 12.4 Å². The van der Waals surface area contributed by atoms with Crippen LogP contribution in [0, 0.1) is 0 Å². The first-order valence-corrected chi connectivity index (χ1v) is 8.32. The summed E-state index contributed by atoms with van der Waals surface area (Å²) in [6, 6.07) is 17.4. The highest BCUT2D eigenvalue weighted by molar-refractivity contribution is 7.08. The van der Waals surface area contributed by atoms with Crippen LogP contribution in [0.4, 0.5) is 5.69 Å². The highest BCUT2D eigenvalue weighted by Gasteiger charge is 2.10. The summed E-state index contributed by atoms with van der Waals surface area (Å²) in [5.41, 5.74) is 4.31. The van der Waals surface area contributed by atoms with Crippen molar-refractivity contribution in [3.8, 4) is 11.1 Å². The van der Waals surface area contributed by atoms with Gasteiger partial charge in [0.1, 0.15) is 7.11 Å². The maximum Gasteiger partial charge on any atom is 0.256 e. The van der Waals surface area contributed by atoms with Crippen molar-refractivity contribution in [3.05, 3.63) is 76.5 Å². The summed E-state index contributed by atoms with van der Waals surface area (Å²) >= 11 is 1.50. The molecule has 1 aromatic heterocycles. The summed E-state index contributed by atoms with van der Waals surface area (Å²) in [5.74, 6) is -0.110. The topological polar surface area (TPSA) is 50.7 Å². The third-order valence-corrected chi connectivity index (χ3v) is 4.15. The zero-order valence-corrected chi connectivity index (χ0v) is 13.9. The molecule has 1 amide bonds. The number of oxime groups is 1. The molecule has 0 saturated heterocycles. The summed E-state index contributed by atoms with van der Waals surface area (Å²) in [5, 5.41) is 10.5. The fourth-order valence-corrected chi connectivity index (χ4v) is 2.97. The average molecular weight is 336 g/mol. The highest BCUT2D eigenvalue weighted by Crippen LogP contribution is 2.28. The lowest BCUT2D eigenvalue weighted by Gasteiger charge is -2.11. The monoisotopic (exact) mass is 336 g/mol. The largest absolute Gasteiger partial charge is 0.399 e. The second-order valence-corrected chi connectivity index (χ2v) is 5.83. The first-order chi connectivity index (χ1) is 11.8. The van der Waals surface area contributed by atoms with Crippen molar-refractivity contribution in [3.63, 3.8) is 0 Å². The lowest BCUT2D eigenvalue weighted by Crippen LogP contribution is -2.11. The SMILES string of the molecule is CON=Cc1cccc(-c2ccccc2NC(=O)c2ccsc2)c1. The molecule has 0 unspecified atom stereocenters. The minimum absolute atomic E-state index is 0.110. The summed E-state index contributed by atoms with van der Waals surface area (Å²) in [6.07, 6.45) is 1.65. The summed E-state index contributed by atoms with van der Waals surface area (Å²) in [7, 11) is 1.51. The molecule has 0 saturated carbocycles. The number of carbonyl (C=O) groups is 1. The zero-order valence-electron chi connectivity index (χ0n) is 13.1. The molecule has 4 nitrogen and oxygen atoms in total. The highest BCUT2D eigenvalue weighted by atomic mass is 32.1. The second kappa shape index (κ2) is 7.57. The van der Waals surface area contributed by atoms with Crippen molar-refractivity contribution in [2.45, 2.75) is 0 Å². The Morgan fingerprint density at radius 3 is 2.83 bits per heavy atom. The molecule has 0 aliphatic carbocycles. The minimum Gasteiger partial charge on any atom is -0.399 e. The first-order valence-electron chi connectivity index (χ1n) is 7.37. The summed E-state index contributed by atoms with van der Waals surface area (Å²) in [4.78, 5) is 17.0. The van der Waals surface area contributed by atoms with E-state index in [1.807, 2.05) is 65.4 Å². The van der Waals surface area contributed by atoms with E-state index < -0.39 is 0 Å². The van der Waals surface area contributed by atoms with Crippen LogP contribution in [0.5, 0.6) is 0 Å². The molecular weight excluding hydrogens is 320 g/mol. The van der Waals surface area contributed by atoms with Crippen LogP contribution in [-0.2, 0) is 4.84 Å². The van der Waals surface area contributed by atoms with Crippen LogP contribution in [0.2, 0.25) is 0 Å². The Hall–Kier alpha value is -2.92. The van der Waals surface area contributed by atoms with Gasteiger partial charge in [-0.15, -0.1) is 0 Å². The van der Waals surface area contributed by atoms with Gasteiger partial charge in [0.05, 0.1) is 11.8 Å². The first kappa shape index (κ1) is 16.0. The van der Waals surface area contributed by atoms with Gasteiger partial charge < -0.3 is 10.2 Å². The van der Waals surface area contributed by atoms with Crippen molar-refractivity contribution >= 4 is 29.1 Å². The Kier molecular flexibility index (Phi) is 5.03. The lowest BCUT2D eigenvalue weighted by atomic mass is 10.0. The molecule has 5 heteroatoms. The van der Waals surface area contributed by atoms with Crippen molar-refractivity contribution in [1.29, 1.82) is 0 Å². The van der Waals surface area contributed by atoms with E-state index in [0.29, 0.717) is 5.56 Å². The Bertz CT molecular complexity index is 857. The van der Waals surface area contributed by atoms with E-state index in [-0.39, 0.29) is 5.91 Å². The predicted octanol–water partition coefficient (Wildman–Crippen LogP) is 4.65. The van der Waals surface area contributed by atoms with E-state index in [4.69, 9.17) is 4.84 Å². The third kappa shape index (κ3) is 3.70. The standard InChI is InChI=1S/C19H16N2O2S/c1-23-20-12-14-5-4-6-15(11-14)17-7-2-3-8-18(17)21-19(22)16-9-10-24-13-16/h2-13H,1H3,(H,21,22). The van der Waals surface area contributed by atoms with Crippen LogP contribution < -0.4 is 5.32 Å². The maximum atomic E-state index is 12.3. The number of amides is 1. The van der Waals surface area contributed by atoms with Crippen LogP contribution in [0.25, 0.3) is 11.1 Å². The number of hydrogen-bond donors (Lipinski definition) is 1. The van der Waals surface area contributed by atoms with Gasteiger partial charge in [-0.05, 0) is 34.7 Å². The lowest BCUT2D eigenvalue weighted by molar-refractivity contribution is 0.102. The normalized spacial score (nSPS) is 10.7. The summed E-state index contributed by atoms with van der Waals surface area (Å²) in [6.45, 7) is 0. The Morgan fingerprint density at radius 2 is 2.04 bits per heavy atom. The van der Waals surface area contributed by atoms with Gasteiger partial charge in [-0.1, -0.05) is 41.6 Å². The maximum absolute atomic E-state index is 12.3. The van der Waals surface area contributed by atoms with Crippen LogP contribution in [0.15, 0.2) is 70.5 Å². The van der Waals surface area contributed by atoms with Crippen molar-refractivity contribution < 1.29 is 9.63 Å². The number of anilines is 1. The Morgan fingerprint density at radius 1 is 1.17 bits per heavy atom. The van der Waals surface area contributed by atoms with Gasteiger partial charge >= 0.3 is 0 Å². The molecule has 24 heavy (non-hydrogen) atoms. The smallest absolute Gasteiger partial charge is 0.256 e. The van der Waals surface area contributed by atoms with Gasteiger partial charge in [0, 0.05) is 16.6 Å². The van der Waals surface area contributed by atoms with Gasteiger partial charge in [-0.3, -0.25) is 4.79 Å². The van der Waals surface area contributed by atoms with E-state index in [2.05, 4.69) is 10.5 Å². The fourth-order valence-electron chi connectivity index (χ4n) is 2.33. The van der Waals surface area contributed by atoms with Gasteiger partial charge in [0.2, 0.25) is 0 Å². The minimum atomic E-state index is -0.110. The number of hydrogen-bond acceptors (Lipinski definition) is 4. The number of nitrogens with one attached hydrogen (secondary N) is 1. The quantitative estimate of drug-likeness (QED) is 0.545. The predicted molar refractivity (Wildman–Crippen MR) is 98.8 cm³/mol. The van der Waals surface area contributed by atoms with Crippen LogP contribution >= 0.6 is 11.3 Å². The molecule has 3 aromatic rings. The number of thiophene rings is 1. The number of nitrogens with zero attached hydrogens (tertiary/aromatic N) is 1. The molecule has 120 valence electrons. The molecule has 0 bridgehead atoms. The molecule has 1 N–H and O–H groups in total. The third-order valence-electron chi connectivity index (χ3n) is 3.46. The van der Waals surface area contributed by atoms with Crippen molar-refractivity contribution in [1.82, 2.24) is 0 Å². The van der Waals surface area contributed by atoms with Crippen molar-refractivity contribution in [2.24, 2.45) is 5.16 Å². The zero-order chi connectivity index (χ0) is 16.8.